The molecule has 1 saturated carbocycles. The predicted octanol–water partition coefficient (Wildman–Crippen LogP) is 3.83. The van der Waals surface area contributed by atoms with Crippen molar-refractivity contribution in [2.45, 2.75) is 59.5 Å². The number of nitrogens with zero attached hydrogens (tertiary/aromatic N) is 3. The van der Waals surface area contributed by atoms with Crippen LogP contribution in [0, 0.1) is 19.3 Å². The Bertz CT molecular complexity index is 852. The van der Waals surface area contributed by atoms with Crippen LogP contribution in [0.3, 0.4) is 0 Å². The number of amides is 1. The maximum Gasteiger partial charge on any atom is 0.295 e. The molecule has 5 nitrogen and oxygen atoms in total. The third kappa shape index (κ3) is 3.68. The molecule has 144 valence electrons. The van der Waals surface area contributed by atoms with Gasteiger partial charge in [0, 0.05) is 25.3 Å². The van der Waals surface area contributed by atoms with Gasteiger partial charge in [-0.25, -0.2) is 0 Å². The molecule has 1 aliphatic carbocycles. The van der Waals surface area contributed by atoms with Gasteiger partial charge in [0.2, 0.25) is 0 Å². The Morgan fingerprint density at radius 3 is 2.41 bits per heavy atom. The zero-order valence-corrected chi connectivity index (χ0v) is 17.0. The van der Waals surface area contributed by atoms with Gasteiger partial charge in [0.25, 0.3) is 11.7 Å². The molecule has 0 bridgehead atoms. The molecule has 1 heterocycles. The van der Waals surface area contributed by atoms with Crippen molar-refractivity contribution in [1.29, 1.82) is 0 Å². The highest BCUT2D eigenvalue weighted by Gasteiger charge is 2.42. The van der Waals surface area contributed by atoms with E-state index < -0.39 is 11.7 Å². The van der Waals surface area contributed by atoms with Crippen molar-refractivity contribution in [3.63, 3.8) is 0 Å². The first kappa shape index (κ1) is 19.3. The molecule has 3 rings (SSSR count). The summed E-state index contributed by atoms with van der Waals surface area (Å²) < 4.78 is 1.66. The van der Waals surface area contributed by atoms with E-state index in [1.165, 1.54) is 0 Å². The molecular weight excluding hydrogens is 338 g/mol. The van der Waals surface area contributed by atoms with Crippen molar-refractivity contribution in [2.75, 3.05) is 0 Å². The first-order chi connectivity index (χ1) is 12.7. The number of aryl methyl sites for hydroxylation is 2. The summed E-state index contributed by atoms with van der Waals surface area (Å²) in [7, 11) is 1.80. The second-order valence-electron chi connectivity index (χ2n) is 8.31. The van der Waals surface area contributed by atoms with Gasteiger partial charge < -0.3 is 4.90 Å². The zero-order valence-electron chi connectivity index (χ0n) is 17.0. The van der Waals surface area contributed by atoms with Crippen molar-refractivity contribution in [3.05, 3.63) is 52.8 Å². The smallest absolute Gasteiger partial charge is 0.295 e. The average Bonchev–Trinajstić information content (AvgIpc) is 3.10. The van der Waals surface area contributed by atoms with E-state index >= 15 is 0 Å². The molecule has 1 atom stereocenters. The molecule has 0 spiro atoms. The van der Waals surface area contributed by atoms with Crippen molar-refractivity contribution >= 4 is 11.7 Å². The van der Waals surface area contributed by atoms with Crippen molar-refractivity contribution in [3.8, 4) is 0 Å². The van der Waals surface area contributed by atoms with Crippen LogP contribution in [-0.2, 0) is 18.4 Å². The van der Waals surface area contributed by atoms with Gasteiger partial charge in [0.1, 0.15) is 0 Å². The fourth-order valence-electron chi connectivity index (χ4n) is 4.33. The molecule has 0 unspecified atom stereocenters. The third-order valence-electron chi connectivity index (χ3n) is 5.96. The highest BCUT2D eigenvalue weighted by atomic mass is 16.2. The lowest BCUT2D eigenvalue weighted by Crippen LogP contribution is -2.48. The minimum atomic E-state index is -0.447. The summed E-state index contributed by atoms with van der Waals surface area (Å²) in [5.74, 6) is -0.866. The molecule has 5 heteroatoms. The monoisotopic (exact) mass is 367 g/mol. The quantitative estimate of drug-likeness (QED) is 0.596. The molecule has 0 saturated heterocycles. The number of aromatic nitrogens is 2. The van der Waals surface area contributed by atoms with Crippen LogP contribution in [0.1, 0.15) is 60.4 Å². The van der Waals surface area contributed by atoms with Crippen LogP contribution in [0.5, 0.6) is 0 Å². The summed E-state index contributed by atoms with van der Waals surface area (Å²) >= 11 is 0. The highest BCUT2D eigenvalue weighted by Crippen LogP contribution is 2.41. The van der Waals surface area contributed by atoms with Gasteiger partial charge >= 0.3 is 0 Å². The SMILES string of the molecule is Cc1nn(C)c(C)c1C(=O)C(=O)N(Cc1ccccc1)[C@H]1CCCC1(C)C. The van der Waals surface area contributed by atoms with Gasteiger partial charge in [-0.1, -0.05) is 50.6 Å². The molecule has 0 aliphatic heterocycles. The lowest BCUT2D eigenvalue weighted by molar-refractivity contribution is -0.131. The second kappa shape index (κ2) is 7.29. The first-order valence-corrected chi connectivity index (χ1v) is 9.62. The summed E-state index contributed by atoms with van der Waals surface area (Å²) in [4.78, 5) is 28.3. The zero-order chi connectivity index (χ0) is 19.8. The molecule has 0 N–H and O–H groups in total. The number of carbonyl (C=O) groups excluding carboxylic acids is 2. The van der Waals surface area contributed by atoms with Gasteiger partial charge in [-0.3, -0.25) is 14.3 Å². The summed E-state index contributed by atoms with van der Waals surface area (Å²) in [5.41, 5.74) is 2.83. The number of hydrogen-bond donors (Lipinski definition) is 0. The van der Waals surface area contributed by atoms with Crippen LogP contribution in [0.25, 0.3) is 0 Å². The maximum absolute atomic E-state index is 13.4. The first-order valence-electron chi connectivity index (χ1n) is 9.62. The number of carbonyl (C=O) groups is 2. The summed E-state index contributed by atoms with van der Waals surface area (Å²) in [6.45, 7) is 8.47. The molecule has 1 aromatic carbocycles. The molecule has 1 amide bonds. The van der Waals surface area contributed by atoms with E-state index in [1.54, 1.807) is 23.6 Å². The van der Waals surface area contributed by atoms with Crippen LogP contribution < -0.4 is 0 Å². The maximum atomic E-state index is 13.4. The van der Waals surface area contributed by atoms with Crippen LogP contribution in [0.4, 0.5) is 0 Å². The highest BCUT2D eigenvalue weighted by molar-refractivity contribution is 6.43. The Hall–Kier alpha value is -2.43. The van der Waals surface area contributed by atoms with E-state index in [-0.39, 0.29) is 11.5 Å². The lowest BCUT2D eigenvalue weighted by atomic mass is 9.85. The lowest BCUT2D eigenvalue weighted by Gasteiger charge is -2.37. The number of Topliss-reactive ketones (excluding diaryl/α,β-unsaturated/α-hetero) is 1. The van der Waals surface area contributed by atoms with Crippen LogP contribution >= 0.6 is 0 Å². The van der Waals surface area contributed by atoms with Gasteiger partial charge in [0.05, 0.1) is 11.3 Å². The number of hydrogen-bond acceptors (Lipinski definition) is 3. The number of rotatable bonds is 5. The number of benzene rings is 1. The molecule has 0 radical (unpaired) electrons. The standard InChI is InChI=1S/C22H29N3O2/c1-15-19(16(2)24(5)23-15)20(26)21(27)25(14-17-10-7-6-8-11-17)18-12-9-13-22(18,3)4/h6-8,10-11,18H,9,12-14H2,1-5H3/t18-/m0/s1. The van der Waals surface area contributed by atoms with Crippen LogP contribution in [-0.4, -0.2) is 32.4 Å². The normalized spacial score (nSPS) is 18.5. The Kier molecular flexibility index (Phi) is 5.22. The fourth-order valence-corrected chi connectivity index (χ4v) is 4.33. The minimum Gasteiger partial charge on any atom is -0.328 e. The Morgan fingerprint density at radius 1 is 1.22 bits per heavy atom. The van der Waals surface area contributed by atoms with E-state index in [0.29, 0.717) is 17.8 Å². The van der Waals surface area contributed by atoms with E-state index in [0.717, 1.165) is 30.5 Å². The van der Waals surface area contributed by atoms with Gasteiger partial charge in [0.15, 0.2) is 0 Å². The predicted molar refractivity (Wildman–Crippen MR) is 105 cm³/mol. The van der Waals surface area contributed by atoms with Gasteiger partial charge in [-0.2, -0.15) is 5.10 Å². The second-order valence-corrected chi connectivity index (χ2v) is 8.31. The van der Waals surface area contributed by atoms with Crippen LogP contribution in [0.15, 0.2) is 30.3 Å². The molecule has 2 aromatic rings. The van der Waals surface area contributed by atoms with Crippen LogP contribution in [0.2, 0.25) is 0 Å². The summed E-state index contributed by atoms with van der Waals surface area (Å²) in [6.07, 6.45) is 3.08. The Labute approximate surface area is 161 Å². The largest absolute Gasteiger partial charge is 0.328 e. The van der Waals surface area contributed by atoms with E-state index in [9.17, 15) is 9.59 Å². The molecular formula is C22H29N3O2. The van der Waals surface area contributed by atoms with Crippen molar-refractivity contribution in [1.82, 2.24) is 14.7 Å². The van der Waals surface area contributed by atoms with E-state index in [1.807, 2.05) is 37.3 Å². The average molecular weight is 367 g/mol. The molecule has 1 fully saturated rings. The minimum absolute atomic E-state index is 0.00372. The van der Waals surface area contributed by atoms with E-state index in [4.69, 9.17) is 0 Å². The number of ketones is 1. The van der Waals surface area contributed by atoms with E-state index in [2.05, 4.69) is 18.9 Å². The molecule has 1 aromatic heterocycles. The summed E-state index contributed by atoms with van der Waals surface area (Å²) in [6, 6.07) is 9.97. The van der Waals surface area contributed by atoms with Gasteiger partial charge in [-0.05, 0) is 37.7 Å². The Balaban J connectivity index is 1.96. The summed E-state index contributed by atoms with van der Waals surface area (Å²) in [5, 5.41) is 4.31. The fraction of sp³-hybridized carbons (Fsp3) is 0.500. The topological polar surface area (TPSA) is 55.2 Å². The third-order valence-corrected chi connectivity index (χ3v) is 5.96. The Morgan fingerprint density at radius 2 is 1.89 bits per heavy atom. The molecule has 27 heavy (non-hydrogen) atoms. The van der Waals surface area contributed by atoms with Gasteiger partial charge in [-0.15, -0.1) is 0 Å². The van der Waals surface area contributed by atoms with Crippen molar-refractivity contribution in [2.24, 2.45) is 12.5 Å². The molecule has 1 aliphatic rings. The van der Waals surface area contributed by atoms with Crippen molar-refractivity contribution < 1.29 is 9.59 Å².